The molecule has 164 valence electrons. The predicted molar refractivity (Wildman–Crippen MR) is 118 cm³/mol. The van der Waals surface area contributed by atoms with Crippen molar-refractivity contribution in [2.75, 3.05) is 0 Å². The Labute approximate surface area is 183 Å². The van der Waals surface area contributed by atoms with Crippen LogP contribution in [0.25, 0.3) is 22.2 Å². The molecule has 6 nitrogen and oxygen atoms in total. The van der Waals surface area contributed by atoms with Gasteiger partial charge < -0.3 is 4.98 Å². The summed E-state index contributed by atoms with van der Waals surface area (Å²) in [5.74, 6) is -0.0723. The molecule has 0 aliphatic heterocycles. The minimum atomic E-state index is -1.64. The number of nitrogens with one attached hydrogen (secondary N) is 1. The van der Waals surface area contributed by atoms with E-state index >= 15 is 4.39 Å². The maximum atomic E-state index is 15.8. The predicted octanol–water partition coefficient (Wildman–Crippen LogP) is 5.08. The van der Waals surface area contributed by atoms with Crippen LogP contribution >= 0.6 is 0 Å². The Balaban J connectivity index is 1.55. The molecular formula is C24H23F2N5O. The summed E-state index contributed by atoms with van der Waals surface area (Å²) in [5.41, 5.74) is 0.636. The van der Waals surface area contributed by atoms with Gasteiger partial charge in [0.1, 0.15) is 11.1 Å². The lowest BCUT2D eigenvalue weighted by molar-refractivity contribution is 0.103. The third kappa shape index (κ3) is 3.70. The fourth-order valence-electron chi connectivity index (χ4n) is 4.45. The summed E-state index contributed by atoms with van der Waals surface area (Å²) in [6.45, 7) is 1.61. The summed E-state index contributed by atoms with van der Waals surface area (Å²) in [7, 11) is 0. The molecule has 1 atom stereocenters. The molecule has 1 aliphatic carbocycles. The number of rotatable bonds is 4. The summed E-state index contributed by atoms with van der Waals surface area (Å²) in [4.78, 5) is 23.8. The minimum Gasteiger partial charge on any atom is -0.307 e. The molecule has 0 amide bonds. The van der Waals surface area contributed by atoms with Crippen molar-refractivity contribution in [3.8, 4) is 11.1 Å². The van der Waals surface area contributed by atoms with Gasteiger partial charge in [0.15, 0.2) is 17.6 Å². The van der Waals surface area contributed by atoms with Crippen molar-refractivity contribution in [2.24, 2.45) is 0 Å². The second-order valence-electron chi connectivity index (χ2n) is 8.61. The van der Waals surface area contributed by atoms with Gasteiger partial charge in [-0.1, -0.05) is 24.3 Å². The Morgan fingerprint density at radius 1 is 1.16 bits per heavy atom. The zero-order valence-electron chi connectivity index (χ0n) is 17.6. The smallest absolute Gasteiger partial charge is 0.262 e. The lowest BCUT2D eigenvalue weighted by Gasteiger charge is -2.31. The van der Waals surface area contributed by atoms with Gasteiger partial charge in [-0.05, 0) is 55.9 Å². The molecule has 1 fully saturated rings. The summed E-state index contributed by atoms with van der Waals surface area (Å²) in [5, 5.41) is 4.65. The van der Waals surface area contributed by atoms with Crippen molar-refractivity contribution in [3.05, 3.63) is 76.7 Å². The van der Waals surface area contributed by atoms with Crippen LogP contribution in [0.5, 0.6) is 0 Å². The minimum absolute atomic E-state index is 0.0689. The lowest BCUT2D eigenvalue weighted by atomic mass is 9.85. The topological polar surface area (TPSA) is 76.5 Å². The highest BCUT2D eigenvalue weighted by atomic mass is 19.1. The van der Waals surface area contributed by atoms with E-state index in [1.54, 1.807) is 36.1 Å². The Hall–Kier alpha value is -3.42. The van der Waals surface area contributed by atoms with E-state index in [1.165, 1.54) is 6.20 Å². The molecule has 1 saturated carbocycles. The fraction of sp³-hybridized carbons (Fsp3) is 0.333. The maximum absolute atomic E-state index is 15.8. The number of hydrogen-bond donors (Lipinski definition) is 1. The van der Waals surface area contributed by atoms with Crippen molar-refractivity contribution < 1.29 is 8.78 Å². The molecule has 32 heavy (non-hydrogen) atoms. The Morgan fingerprint density at radius 3 is 2.62 bits per heavy atom. The molecule has 3 aromatic heterocycles. The van der Waals surface area contributed by atoms with Gasteiger partial charge in [0.05, 0.1) is 12.2 Å². The second kappa shape index (κ2) is 7.93. The largest absolute Gasteiger partial charge is 0.307 e. The third-order valence-electron chi connectivity index (χ3n) is 6.29. The molecule has 0 saturated heterocycles. The normalized spacial score (nSPS) is 22.2. The number of hydrogen-bond acceptors (Lipinski definition) is 4. The van der Waals surface area contributed by atoms with Crippen LogP contribution in [0.15, 0.2) is 59.8 Å². The van der Waals surface area contributed by atoms with Crippen LogP contribution < -0.4 is 5.56 Å². The van der Waals surface area contributed by atoms with Crippen molar-refractivity contribution >= 4 is 11.0 Å². The first-order chi connectivity index (χ1) is 15.4. The first-order valence-electron chi connectivity index (χ1n) is 10.7. The van der Waals surface area contributed by atoms with Crippen LogP contribution in [0.4, 0.5) is 8.78 Å². The first kappa shape index (κ1) is 20.5. The van der Waals surface area contributed by atoms with Gasteiger partial charge in [0.25, 0.3) is 5.56 Å². The van der Waals surface area contributed by atoms with Crippen LogP contribution in [0, 0.1) is 0 Å². The monoisotopic (exact) mass is 435 g/mol. The number of aromatic amines is 1. The van der Waals surface area contributed by atoms with Crippen molar-refractivity contribution in [3.63, 3.8) is 0 Å². The first-order valence-corrected chi connectivity index (χ1v) is 10.7. The number of pyridine rings is 1. The van der Waals surface area contributed by atoms with Gasteiger partial charge in [-0.25, -0.2) is 18.4 Å². The lowest BCUT2D eigenvalue weighted by Crippen LogP contribution is -2.28. The van der Waals surface area contributed by atoms with Gasteiger partial charge in [0, 0.05) is 18.0 Å². The number of benzene rings is 1. The van der Waals surface area contributed by atoms with E-state index in [1.807, 2.05) is 24.3 Å². The Morgan fingerprint density at radius 2 is 1.88 bits per heavy atom. The number of alkyl halides is 2. The standard InChI is InChI=1S/C24H23F2N5O/c1-24(26)10-6-16(7-11-24)31-22-19(14-28-31)23(32)30-21(29-22)20(25)18-5-3-2-4-17(18)15-8-12-27-13-9-15/h2-5,8-9,12-14,16,20H,6-7,10-11H2,1H3,(H,29,30,32). The van der Waals surface area contributed by atoms with E-state index in [9.17, 15) is 9.18 Å². The van der Waals surface area contributed by atoms with Crippen molar-refractivity contribution in [2.45, 2.75) is 50.5 Å². The summed E-state index contributed by atoms with van der Waals surface area (Å²) < 4.78 is 31.7. The van der Waals surface area contributed by atoms with E-state index in [2.05, 4.69) is 20.1 Å². The molecule has 3 heterocycles. The van der Waals surface area contributed by atoms with E-state index in [0.29, 0.717) is 47.8 Å². The molecule has 1 aliphatic rings. The van der Waals surface area contributed by atoms with Crippen LogP contribution in [0.1, 0.15) is 56.2 Å². The van der Waals surface area contributed by atoms with Crippen LogP contribution in [0.3, 0.4) is 0 Å². The Kier molecular flexibility index (Phi) is 5.07. The van der Waals surface area contributed by atoms with Gasteiger partial charge in [-0.3, -0.25) is 9.78 Å². The summed E-state index contributed by atoms with van der Waals surface area (Å²) in [6.07, 6.45) is 5.13. The van der Waals surface area contributed by atoms with Crippen LogP contribution in [-0.2, 0) is 0 Å². The fourth-order valence-corrected chi connectivity index (χ4v) is 4.45. The zero-order chi connectivity index (χ0) is 22.3. The number of nitrogens with zero attached hydrogens (tertiary/aromatic N) is 4. The highest BCUT2D eigenvalue weighted by molar-refractivity contribution is 5.74. The highest BCUT2D eigenvalue weighted by Gasteiger charge is 2.33. The number of aromatic nitrogens is 5. The summed E-state index contributed by atoms with van der Waals surface area (Å²) >= 11 is 0. The molecule has 0 bridgehead atoms. The molecule has 8 heteroatoms. The average Bonchev–Trinajstić information content (AvgIpc) is 3.24. The summed E-state index contributed by atoms with van der Waals surface area (Å²) in [6, 6.07) is 10.6. The Bertz CT molecular complexity index is 1300. The van der Waals surface area contributed by atoms with E-state index in [4.69, 9.17) is 0 Å². The van der Waals surface area contributed by atoms with Gasteiger partial charge in [-0.2, -0.15) is 5.10 Å². The molecule has 1 N–H and O–H groups in total. The number of fused-ring (bicyclic) bond motifs is 1. The average molecular weight is 435 g/mol. The molecule has 4 aromatic rings. The van der Waals surface area contributed by atoms with E-state index in [0.717, 1.165) is 5.56 Å². The molecule has 1 unspecified atom stereocenters. The molecular weight excluding hydrogens is 412 g/mol. The van der Waals surface area contributed by atoms with Crippen molar-refractivity contribution in [1.82, 2.24) is 24.7 Å². The highest BCUT2D eigenvalue weighted by Crippen LogP contribution is 2.38. The SMILES string of the molecule is CC1(F)CCC(n2ncc3c(=O)[nH]c(C(F)c4ccccc4-c4ccncc4)nc32)CC1. The quantitative estimate of drug-likeness (QED) is 0.485. The molecule has 1 aromatic carbocycles. The van der Waals surface area contributed by atoms with Crippen molar-refractivity contribution in [1.29, 1.82) is 0 Å². The van der Waals surface area contributed by atoms with Gasteiger partial charge in [0.2, 0.25) is 0 Å². The van der Waals surface area contributed by atoms with Gasteiger partial charge >= 0.3 is 0 Å². The molecule has 0 spiro atoms. The van der Waals surface area contributed by atoms with Gasteiger partial charge in [-0.15, -0.1) is 0 Å². The zero-order valence-corrected chi connectivity index (χ0v) is 17.6. The third-order valence-corrected chi connectivity index (χ3v) is 6.29. The van der Waals surface area contributed by atoms with Crippen LogP contribution in [-0.4, -0.2) is 30.4 Å². The molecule has 0 radical (unpaired) electrons. The van der Waals surface area contributed by atoms with E-state index in [-0.39, 0.29) is 11.9 Å². The number of halogens is 2. The second-order valence-corrected chi connectivity index (χ2v) is 8.61. The van der Waals surface area contributed by atoms with Crippen LogP contribution in [0.2, 0.25) is 0 Å². The molecule has 5 rings (SSSR count). The van der Waals surface area contributed by atoms with E-state index < -0.39 is 17.4 Å². The number of H-pyrrole nitrogens is 1. The maximum Gasteiger partial charge on any atom is 0.262 e.